The second kappa shape index (κ2) is 6.35. The normalized spacial score (nSPS) is 17.3. The lowest BCUT2D eigenvalue weighted by Gasteiger charge is -2.33. The first-order chi connectivity index (χ1) is 11.3. The maximum atomic E-state index is 12.5. The van der Waals surface area contributed by atoms with Crippen LogP contribution in [0.5, 0.6) is 5.75 Å². The van der Waals surface area contributed by atoms with Gasteiger partial charge < -0.3 is 15.0 Å². The van der Waals surface area contributed by atoms with E-state index in [2.05, 4.69) is 10.1 Å². The van der Waals surface area contributed by atoms with Crippen molar-refractivity contribution in [2.24, 2.45) is 0 Å². The molecule has 0 saturated heterocycles. The highest BCUT2D eigenvalue weighted by Gasteiger charge is 2.31. The van der Waals surface area contributed by atoms with Crippen molar-refractivity contribution in [3.8, 4) is 5.75 Å². The average Bonchev–Trinajstić information content (AvgIpc) is 2.95. The van der Waals surface area contributed by atoms with Gasteiger partial charge in [0.25, 0.3) is 0 Å². The zero-order valence-corrected chi connectivity index (χ0v) is 13.6. The smallest absolute Gasteiger partial charge is 0.406 e. The molecule has 0 spiro atoms. The summed E-state index contributed by atoms with van der Waals surface area (Å²) in [5.41, 5.74) is 1.38. The molecule has 0 unspecified atom stereocenters. The number of carbonyl (C=O) groups excluding carboxylic acids is 1. The Bertz CT molecular complexity index is 745. The number of urea groups is 1. The first kappa shape index (κ1) is 16.6. The van der Waals surface area contributed by atoms with Crippen molar-refractivity contribution in [2.45, 2.75) is 25.7 Å². The minimum absolute atomic E-state index is 0.0744. The Kier molecular flexibility index (Phi) is 4.40. The minimum atomic E-state index is -4.76. The number of carbonyl (C=O) groups is 1. The lowest BCUT2D eigenvalue weighted by molar-refractivity contribution is -0.274. The quantitative estimate of drug-likeness (QED) is 0.840. The molecule has 2 aromatic rings. The highest BCUT2D eigenvalue weighted by atomic mass is 32.1. The third kappa shape index (κ3) is 3.64. The standard InChI is InChI=1S/C16H15F3N2O2S/c1-10-13-6-8-24-14(13)5-7-21(10)15(22)20-11-3-2-4-12(9-11)23-16(17,18)19/h2-4,6,8-10H,5,7H2,1H3,(H,20,22)/t10-/m0/s1. The molecule has 128 valence electrons. The highest BCUT2D eigenvalue weighted by Crippen LogP contribution is 2.33. The number of alkyl halides is 3. The number of rotatable bonds is 2. The number of amides is 2. The molecule has 1 aliphatic rings. The van der Waals surface area contributed by atoms with Crippen molar-refractivity contribution in [3.63, 3.8) is 0 Å². The molecule has 0 fully saturated rings. The Morgan fingerprint density at radius 2 is 2.17 bits per heavy atom. The van der Waals surface area contributed by atoms with E-state index in [1.165, 1.54) is 23.1 Å². The molecular weight excluding hydrogens is 341 g/mol. The topological polar surface area (TPSA) is 41.6 Å². The molecule has 1 aliphatic heterocycles. The molecule has 0 aliphatic carbocycles. The third-order valence-corrected chi connectivity index (χ3v) is 4.85. The van der Waals surface area contributed by atoms with Gasteiger partial charge in [0.2, 0.25) is 0 Å². The predicted molar refractivity (Wildman–Crippen MR) is 85.3 cm³/mol. The SMILES string of the molecule is C[C@H]1c2ccsc2CCN1C(=O)Nc1cccc(OC(F)(F)F)c1. The number of hydrogen-bond acceptors (Lipinski definition) is 3. The van der Waals surface area contributed by atoms with Crippen LogP contribution < -0.4 is 10.1 Å². The van der Waals surface area contributed by atoms with E-state index < -0.39 is 6.36 Å². The summed E-state index contributed by atoms with van der Waals surface area (Å²) in [7, 11) is 0. The summed E-state index contributed by atoms with van der Waals surface area (Å²) in [4.78, 5) is 15.4. The van der Waals surface area contributed by atoms with Gasteiger partial charge in [-0.15, -0.1) is 24.5 Å². The fourth-order valence-electron chi connectivity index (χ4n) is 2.75. The molecule has 8 heteroatoms. The van der Waals surface area contributed by atoms with Gasteiger partial charge in [0.1, 0.15) is 5.75 Å². The number of halogens is 3. The summed E-state index contributed by atoms with van der Waals surface area (Å²) in [6.07, 6.45) is -3.98. The number of nitrogens with one attached hydrogen (secondary N) is 1. The van der Waals surface area contributed by atoms with Gasteiger partial charge in [-0.05, 0) is 42.5 Å². The summed E-state index contributed by atoms with van der Waals surface area (Å²) in [6.45, 7) is 2.51. The van der Waals surface area contributed by atoms with E-state index in [1.807, 2.05) is 18.4 Å². The second-order valence-electron chi connectivity index (χ2n) is 5.42. The van der Waals surface area contributed by atoms with E-state index >= 15 is 0 Å². The largest absolute Gasteiger partial charge is 0.573 e. The molecule has 1 N–H and O–H groups in total. The van der Waals surface area contributed by atoms with Crippen LogP contribution in [0.3, 0.4) is 0 Å². The number of nitrogens with zero attached hydrogens (tertiary/aromatic N) is 1. The minimum Gasteiger partial charge on any atom is -0.406 e. The van der Waals surface area contributed by atoms with Crippen LogP contribution in [0.1, 0.15) is 23.4 Å². The van der Waals surface area contributed by atoms with Crippen LogP contribution in [-0.4, -0.2) is 23.8 Å². The molecule has 1 atom stereocenters. The second-order valence-corrected chi connectivity index (χ2v) is 6.42. The number of fused-ring (bicyclic) bond motifs is 1. The summed E-state index contributed by atoms with van der Waals surface area (Å²) < 4.78 is 40.7. The summed E-state index contributed by atoms with van der Waals surface area (Å²) in [6, 6.07) is 6.83. The highest BCUT2D eigenvalue weighted by molar-refractivity contribution is 7.10. The summed E-state index contributed by atoms with van der Waals surface area (Å²) in [5, 5.41) is 4.63. The molecule has 0 saturated carbocycles. The van der Waals surface area contributed by atoms with Gasteiger partial charge in [0.05, 0.1) is 6.04 Å². The molecule has 0 bridgehead atoms. The Morgan fingerprint density at radius 1 is 1.38 bits per heavy atom. The molecule has 3 rings (SSSR count). The van der Waals surface area contributed by atoms with Gasteiger partial charge in [-0.1, -0.05) is 6.07 Å². The predicted octanol–water partition coefficient (Wildman–Crippen LogP) is 4.80. The van der Waals surface area contributed by atoms with E-state index in [9.17, 15) is 18.0 Å². The molecule has 2 amide bonds. The van der Waals surface area contributed by atoms with E-state index in [-0.39, 0.29) is 23.5 Å². The average molecular weight is 356 g/mol. The first-order valence-electron chi connectivity index (χ1n) is 7.33. The van der Waals surface area contributed by atoms with E-state index in [4.69, 9.17) is 0 Å². The fourth-order valence-corrected chi connectivity index (χ4v) is 3.72. The number of anilines is 1. The Morgan fingerprint density at radius 3 is 2.92 bits per heavy atom. The lowest BCUT2D eigenvalue weighted by atomic mass is 10.0. The number of ether oxygens (including phenoxy) is 1. The van der Waals surface area contributed by atoms with Gasteiger partial charge in [0.15, 0.2) is 0 Å². The van der Waals surface area contributed by atoms with E-state index in [1.54, 1.807) is 16.2 Å². The van der Waals surface area contributed by atoms with Crippen molar-refractivity contribution in [1.82, 2.24) is 4.90 Å². The Balaban J connectivity index is 1.70. The number of thiophene rings is 1. The molecular formula is C16H15F3N2O2S. The van der Waals surface area contributed by atoms with Crippen LogP contribution in [0.25, 0.3) is 0 Å². The summed E-state index contributed by atoms with van der Waals surface area (Å²) in [5.74, 6) is -0.368. The van der Waals surface area contributed by atoms with Crippen molar-refractivity contribution in [1.29, 1.82) is 0 Å². The van der Waals surface area contributed by atoms with Gasteiger partial charge in [-0.3, -0.25) is 0 Å². The molecule has 2 heterocycles. The van der Waals surface area contributed by atoms with Gasteiger partial charge in [-0.25, -0.2) is 4.79 Å². The van der Waals surface area contributed by atoms with Crippen LogP contribution in [0.2, 0.25) is 0 Å². The van der Waals surface area contributed by atoms with Gasteiger partial charge in [0, 0.05) is 23.2 Å². The van der Waals surface area contributed by atoms with E-state index in [0.29, 0.717) is 6.54 Å². The van der Waals surface area contributed by atoms with Crippen LogP contribution in [0.15, 0.2) is 35.7 Å². The Labute approximate surface area is 140 Å². The zero-order valence-electron chi connectivity index (χ0n) is 12.8. The Hall–Kier alpha value is -2.22. The monoisotopic (exact) mass is 356 g/mol. The van der Waals surface area contributed by atoms with Crippen LogP contribution >= 0.6 is 11.3 Å². The molecule has 0 radical (unpaired) electrons. The zero-order chi connectivity index (χ0) is 17.3. The van der Waals surface area contributed by atoms with Crippen molar-refractivity contribution in [3.05, 3.63) is 46.2 Å². The molecule has 24 heavy (non-hydrogen) atoms. The number of benzene rings is 1. The fraction of sp³-hybridized carbons (Fsp3) is 0.312. The third-order valence-electron chi connectivity index (χ3n) is 3.86. The summed E-state index contributed by atoms with van der Waals surface area (Å²) >= 11 is 1.67. The maximum absolute atomic E-state index is 12.5. The van der Waals surface area contributed by atoms with Crippen molar-refractivity contribution in [2.75, 3.05) is 11.9 Å². The van der Waals surface area contributed by atoms with E-state index in [0.717, 1.165) is 18.1 Å². The van der Waals surface area contributed by atoms with Gasteiger partial charge >= 0.3 is 12.4 Å². The molecule has 1 aromatic heterocycles. The van der Waals surface area contributed by atoms with Crippen LogP contribution in [0.4, 0.5) is 23.7 Å². The van der Waals surface area contributed by atoms with Crippen LogP contribution in [0, 0.1) is 0 Å². The van der Waals surface area contributed by atoms with Crippen molar-refractivity contribution >= 4 is 23.1 Å². The number of hydrogen-bond donors (Lipinski definition) is 1. The molecule has 4 nitrogen and oxygen atoms in total. The van der Waals surface area contributed by atoms with Crippen LogP contribution in [-0.2, 0) is 6.42 Å². The maximum Gasteiger partial charge on any atom is 0.573 e. The molecule has 1 aromatic carbocycles. The van der Waals surface area contributed by atoms with Crippen molar-refractivity contribution < 1.29 is 22.7 Å². The van der Waals surface area contributed by atoms with Gasteiger partial charge in [-0.2, -0.15) is 0 Å². The lowest BCUT2D eigenvalue weighted by Crippen LogP contribution is -2.40. The first-order valence-corrected chi connectivity index (χ1v) is 8.21.